The van der Waals surface area contributed by atoms with Crippen molar-refractivity contribution in [2.45, 2.75) is 26.4 Å². The van der Waals surface area contributed by atoms with E-state index in [9.17, 15) is 14.3 Å². The van der Waals surface area contributed by atoms with Gasteiger partial charge in [-0.3, -0.25) is 4.79 Å². The molecule has 0 aliphatic heterocycles. The fourth-order valence-corrected chi connectivity index (χ4v) is 3.08. The van der Waals surface area contributed by atoms with E-state index in [4.69, 9.17) is 0 Å². The van der Waals surface area contributed by atoms with E-state index in [2.05, 4.69) is 0 Å². The number of nitrogens with zero attached hydrogens (tertiary/aromatic N) is 1. The third kappa shape index (κ3) is 4.65. The Hall–Kier alpha value is -2.98. The minimum Gasteiger partial charge on any atom is -0.378 e. The summed E-state index contributed by atoms with van der Waals surface area (Å²) in [5.74, 6) is -0.665. The van der Waals surface area contributed by atoms with Crippen molar-refractivity contribution in [3.63, 3.8) is 0 Å². The third-order valence-corrected chi connectivity index (χ3v) is 4.95. The van der Waals surface area contributed by atoms with Crippen LogP contribution in [0.15, 0.2) is 72.8 Å². The molecule has 3 aromatic carbocycles. The number of aliphatic hydroxyl groups is 1. The lowest BCUT2D eigenvalue weighted by atomic mass is 10.1. The SMILES string of the molecule is Cc1ccc(N(CCc2ccc(F)cc2)C(=O)C(O)c2ccccc2)cc1C. The van der Waals surface area contributed by atoms with Crippen LogP contribution in [0.3, 0.4) is 0 Å². The number of hydrogen-bond donors (Lipinski definition) is 1. The molecule has 0 fully saturated rings. The van der Waals surface area contributed by atoms with Gasteiger partial charge in [0.25, 0.3) is 5.91 Å². The molecule has 4 heteroatoms. The summed E-state index contributed by atoms with van der Waals surface area (Å²) in [5, 5.41) is 10.6. The van der Waals surface area contributed by atoms with Gasteiger partial charge in [0.1, 0.15) is 5.82 Å². The van der Waals surface area contributed by atoms with Gasteiger partial charge in [-0.1, -0.05) is 48.5 Å². The van der Waals surface area contributed by atoms with Gasteiger partial charge in [0.2, 0.25) is 0 Å². The van der Waals surface area contributed by atoms with E-state index in [-0.39, 0.29) is 11.7 Å². The van der Waals surface area contributed by atoms with Crippen LogP contribution in [0.4, 0.5) is 10.1 Å². The highest BCUT2D eigenvalue weighted by atomic mass is 19.1. The predicted molar refractivity (Wildman–Crippen MR) is 110 cm³/mol. The van der Waals surface area contributed by atoms with Gasteiger partial charge in [-0.05, 0) is 66.8 Å². The normalized spacial score (nSPS) is 11.9. The van der Waals surface area contributed by atoms with Gasteiger partial charge in [0, 0.05) is 12.2 Å². The number of aryl methyl sites for hydroxylation is 2. The summed E-state index contributed by atoms with van der Waals surface area (Å²) in [4.78, 5) is 14.7. The summed E-state index contributed by atoms with van der Waals surface area (Å²) in [6.07, 6.45) is -0.684. The fourth-order valence-electron chi connectivity index (χ4n) is 3.08. The van der Waals surface area contributed by atoms with E-state index in [0.717, 1.165) is 22.4 Å². The molecule has 0 radical (unpaired) electrons. The van der Waals surface area contributed by atoms with Crippen molar-refractivity contribution >= 4 is 11.6 Å². The Balaban J connectivity index is 1.87. The Labute approximate surface area is 165 Å². The van der Waals surface area contributed by atoms with Crippen molar-refractivity contribution in [3.8, 4) is 0 Å². The van der Waals surface area contributed by atoms with Gasteiger partial charge in [-0.2, -0.15) is 0 Å². The first-order valence-corrected chi connectivity index (χ1v) is 9.32. The number of hydrogen-bond acceptors (Lipinski definition) is 2. The Morgan fingerprint density at radius 3 is 2.29 bits per heavy atom. The molecule has 3 rings (SSSR count). The zero-order valence-electron chi connectivity index (χ0n) is 16.1. The number of anilines is 1. The summed E-state index contributed by atoms with van der Waals surface area (Å²) in [7, 11) is 0. The lowest BCUT2D eigenvalue weighted by Crippen LogP contribution is -2.37. The molecule has 1 atom stereocenters. The molecule has 1 amide bonds. The Morgan fingerprint density at radius 1 is 0.964 bits per heavy atom. The number of halogens is 1. The van der Waals surface area contributed by atoms with E-state index < -0.39 is 6.10 Å². The topological polar surface area (TPSA) is 40.5 Å². The molecule has 1 N–H and O–H groups in total. The number of rotatable bonds is 6. The molecule has 3 aromatic rings. The van der Waals surface area contributed by atoms with Crippen LogP contribution in [-0.2, 0) is 11.2 Å². The molecule has 3 nitrogen and oxygen atoms in total. The van der Waals surface area contributed by atoms with Gasteiger partial charge in [0.15, 0.2) is 6.10 Å². The lowest BCUT2D eigenvalue weighted by molar-refractivity contribution is -0.126. The van der Waals surface area contributed by atoms with Gasteiger partial charge in [-0.25, -0.2) is 4.39 Å². The second-order valence-corrected chi connectivity index (χ2v) is 6.95. The van der Waals surface area contributed by atoms with Crippen LogP contribution in [-0.4, -0.2) is 17.6 Å². The van der Waals surface area contributed by atoms with E-state index in [1.54, 1.807) is 41.3 Å². The zero-order chi connectivity index (χ0) is 20.1. The van der Waals surface area contributed by atoms with E-state index in [1.165, 1.54) is 12.1 Å². The van der Waals surface area contributed by atoms with Crippen molar-refractivity contribution in [2.24, 2.45) is 0 Å². The second-order valence-electron chi connectivity index (χ2n) is 6.95. The number of benzene rings is 3. The number of carbonyl (C=O) groups is 1. The summed E-state index contributed by atoms with van der Waals surface area (Å²) < 4.78 is 13.2. The lowest BCUT2D eigenvalue weighted by Gasteiger charge is -2.26. The molecule has 0 aromatic heterocycles. The first kappa shape index (κ1) is 19.8. The fraction of sp³-hybridized carbons (Fsp3) is 0.208. The van der Waals surface area contributed by atoms with Gasteiger partial charge in [-0.15, -0.1) is 0 Å². The van der Waals surface area contributed by atoms with Crippen LogP contribution in [0.1, 0.15) is 28.4 Å². The standard InChI is InChI=1S/C24H24FNO2/c1-17-8-13-22(16-18(17)2)26(15-14-19-9-11-21(25)12-10-19)24(28)23(27)20-6-4-3-5-7-20/h3-13,16,23,27H,14-15H2,1-2H3. The highest BCUT2D eigenvalue weighted by Gasteiger charge is 2.25. The first-order chi connectivity index (χ1) is 13.5. The quantitative estimate of drug-likeness (QED) is 0.673. The Kier molecular flexibility index (Phi) is 6.22. The Bertz CT molecular complexity index is 939. The van der Waals surface area contributed by atoms with Crippen LogP contribution >= 0.6 is 0 Å². The second kappa shape index (κ2) is 8.81. The van der Waals surface area contributed by atoms with Crippen LogP contribution in [0.5, 0.6) is 0 Å². The summed E-state index contributed by atoms with van der Waals surface area (Å²) in [6, 6.07) is 21.0. The molecule has 0 saturated heterocycles. The summed E-state index contributed by atoms with van der Waals surface area (Å²) in [5.41, 5.74) is 4.44. The van der Waals surface area contributed by atoms with Crippen molar-refractivity contribution in [1.82, 2.24) is 0 Å². The summed E-state index contributed by atoms with van der Waals surface area (Å²) in [6.45, 7) is 4.40. The molecule has 0 bridgehead atoms. The molecule has 0 spiro atoms. The van der Waals surface area contributed by atoms with Gasteiger partial charge in [0.05, 0.1) is 0 Å². The molecule has 28 heavy (non-hydrogen) atoms. The molecule has 0 saturated carbocycles. The third-order valence-electron chi connectivity index (χ3n) is 4.95. The highest BCUT2D eigenvalue weighted by molar-refractivity contribution is 5.97. The Morgan fingerprint density at radius 2 is 1.64 bits per heavy atom. The van der Waals surface area contributed by atoms with Crippen LogP contribution in [0.2, 0.25) is 0 Å². The average molecular weight is 377 g/mol. The van der Waals surface area contributed by atoms with Crippen LogP contribution < -0.4 is 4.90 Å². The molecular weight excluding hydrogens is 353 g/mol. The van der Waals surface area contributed by atoms with Gasteiger partial charge >= 0.3 is 0 Å². The molecule has 1 unspecified atom stereocenters. The minimum atomic E-state index is -1.24. The molecular formula is C24H24FNO2. The maximum atomic E-state index is 13.2. The average Bonchev–Trinajstić information content (AvgIpc) is 2.72. The smallest absolute Gasteiger partial charge is 0.260 e. The molecule has 144 valence electrons. The summed E-state index contributed by atoms with van der Waals surface area (Å²) >= 11 is 0. The van der Waals surface area contributed by atoms with Crippen LogP contribution in [0.25, 0.3) is 0 Å². The van der Waals surface area contributed by atoms with Gasteiger partial charge < -0.3 is 10.0 Å². The number of carbonyl (C=O) groups excluding carboxylic acids is 1. The van der Waals surface area contributed by atoms with E-state index in [0.29, 0.717) is 18.5 Å². The number of amides is 1. The van der Waals surface area contributed by atoms with Crippen LogP contribution in [0, 0.1) is 19.7 Å². The van der Waals surface area contributed by atoms with Crippen molar-refractivity contribution < 1.29 is 14.3 Å². The largest absolute Gasteiger partial charge is 0.378 e. The number of aliphatic hydroxyl groups excluding tert-OH is 1. The molecule has 0 aliphatic carbocycles. The first-order valence-electron chi connectivity index (χ1n) is 9.32. The monoisotopic (exact) mass is 377 g/mol. The van der Waals surface area contributed by atoms with E-state index in [1.807, 2.05) is 38.1 Å². The molecule has 0 heterocycles. The van der Waals surface area contributed by atoms with E-state index >= 15 is 0 Å². The maximum absolute atomic E-state index is 13.2. The van der Waals surface area contributed by atoms with Crippen molar-refractivity contribution in [1.29, 1.82) is 0 Å². The van der Waals surface area contributed by atoms with Crippen molar-refractivity contribution in [2.75, 3.05) is 11.4 Å². The molecule has 0 aliphatic rings. The minimum absolute atomic E-state index is 0.287. The van der Waals surface area contributed by atoms with Crippen molar-refractivity contribution in [3.05, 3.63) is 101 Å². The highest BCUT2D eigenvalue weighted by Crippen LogP contribution is 2.24. The maximum Gasteiger partial charge on any atom is 0.260 e. The zero-order valence-corrected chi connectivity index (χ0v) is 16.1. The predicted octanol–water partition coefficient (Wildman–Crippen LogP) is 4.75.